The van der Waals surface area contributed by atoms with Gasteiger partial charge in [0.05, 0.1) is 12.7 Å². The number of hydrogen-bond acceptors (Lipinski definition) is 5. The van der Waals surface area contributed by atoms with Crippen LogP contribution in [0.1, 0.15) is 25.7 Å². The third kappa shape index (κ3) is 5.60. The molecule has 0 aromatic rings. The minimum absolute atomic E-state index is 0.343. The second-order valence-corrected chi connectivity index (χ2v) is 6.91. The standard InChI is InChI=1S/C14H28N2O2S/c1-18-10-14(17)9-16-6-4-12(5-7-16)15-13-3-2-8-19-11-13/h12-15,17H,2-11H2,1H3/t13-,14+/m1/s1. The Labute approximate surface area is 121 Å². The van der Waals surface area contributed by atoms with E-state index in [1.807, 2.05) is 0 Å². The molecule has 112 valence electrons. The van der Waals surface area contributed by atoms with E-state index in [-0.39, 0.29) is 6.10 Å². The largest absolute Gasteiger partial charge is 0.389 e. The lowest BCUT2D eigenvalue weighted by atomic mass is 10.0. The molecule has 0 spiro atoms. The first-order chi connectivity index (χ1) is 9.28. The Kier molecular flexibility index (Phi) is 6.94. The first-order valence-electron chi connectivity index (χ1n) is 7.51. The summed E-state index contributed by atoms with van der Waals surface area (Å²) in [6, 6.07) is 1.41. The molecule has 2 N–H and O–H groups in total. The van der Waals surface area contributed by atoms with Crippen molar-refractivity contribution in [2.45, 2.75) is 43.9 Å². The van der Waals surface area contributed by atoms with E-state index >= 15 is 0 Å². The predicted octanol–water partition coefficient (Wildman–Crippen LogP) is 0.943. The highest BCUT2D eigenvalue weighted by atomic mass is 32.2. The van der Waals surface area contributed by atoms with Crippen LogP contribution in [0, 0.1) is 0 Å². The first-order valence-corrected chi connectivity index (χ1v) is 8.66. The van der Waals surface area contributed by atoms with Crippen LogP contribution in [0.25, 0.3) is 0 Å². The maximum atomic E-state index is 9.74. The van der Waals surface area contributed by atoms with Crippen molar-refractivity contribution >= 4 is 11.8 Å². The maximum Gasteiger partial charge on any atom is 0.0900 e. The molecule has 0 bridgehead atoms. The molecule has 5 heteroatoms. The molecule has 2 fully saturated rings. The van der Waals surface area contributed by atoms with Crippen LogP contribution in [-0.4, -0.2) is 73.1 Å². The molecule has 0 saturated carbocycles. The molecule has 2 heterocycles. The molecule has 19 heavy (non-hydrogen) atoms. The number of piperidine rings is 1. The molecule has 2 rings (SSSR count). The Morgan fingerprint density at radius 1 is 1.32 bits per heavy atom. The zero-order valence-electron chi connectivity index (χ0n) is 12.0. The number of aliphatic hydroxyl groups excluding tert-OH is 1. The van der Waals surface area contributed by atoms with Gasteiger partial charge in [0.2, 0.25) is 0 Å². The summed E-state index contributed by atoms with van der Waals surface area (Å²) in [4.78, 5) is 2.36. The first kappa shape index (κ1) is 15.6. The van der Waals surface area contributed by atoms with Crippen molar-refractivity contribution in [2.24, 2.45) is 0 Å². The van der Waals surface area contributed by atoms with Crippen LogP contribution in [0.2, 0.25) is 0 Å². The van der Waals surface area contributed by atoms with Crippen molar-refractivity contribution in [3.8, 4) is 0 Å². The molecule has 0 aliphatic carbocycles. The summed E-state index contributed by atoms with van der Waals surface area (Å²) >= 11 is 2.09. The fraction of sp³-hybridized carbons (Fsp3) is 1.00. The molecule has 0 unspecified atom stereocenters. The van der Waals surface area contributed by atoms with E-state index in [9.17, 15) is 5.11 Å². The molecule has 2 aliphatic rings. The van der Waals surface area contributed by atoms with Crippen molar-refractivity contribution in [1.29, 1.82) is 0 Å². The number of rotatable bonds is 6. The van der Waals surface area contributed by atoms with Crippen molar-refractivity contribution in [3.05, 3.63) is 0 Å². The van der Waals surface area contributed by atoms with Gasteiger partial charge in [0.25, 0.3) is 0 Å². The second kappa shape index (κ2) is 8.47. The van der Waals surface area contributed by atoms with Crippen LogP contribution in [0.3, 0.4) is 0 Å². The van der Waals surface area contributed by atoms with Crippen LogP contribution in [0.4, 0.5) is 0 Å². The van der Waals surface area contributed by atoms with Crippen LogP contribution < -0.4 is 5.32 Å². The number of thioether (sulfide) groups is 1. The molecule has 0 aromatic carbocycles. The molecule has 0 amide bonds. The second-order valence-electron chi connectivity index (χ2n) is 5.76. The third-order valence-electron chi connectivity index (χ3n) is 4.05. The highest BCUT2D eigenvalue weighted by Gasteiger charge is 2.23. The summed E-state index contributed by atoms with van der Waals surface area (Å²) in [5.41, 5.74) is 0. The van der Waals surface area contributed by atoms with Crippen molar-refractivity contribution in [2.75, 3.05) is 44.9 Å². The zero-order chi connectivity index (χ0) is 13.5. The summed E-state index contributed by atoms with van der Waals surface area (Å²) in [6.07, 6.45) is 4.79. The maximum absolute atomic E-state index is 9.74. The van der Waals surface area contributed by atoms with Crippen molar-refractivity contribution in [3.63, 3.8) is 0 Å². The fourth-order valence-corrected chi connectivity index (χ4v) is 4.12. The highest BCUT2D eigenvalue weighted by Crippen LogP contribution is 2.19. The summed E-state index contributed by atoms with van der Waals surface area (Å²) < 4.78 is 4.98. The Balaban J connectivity index is 1.61. The van der Waals surface area contributed by atoms with E-state index in [1.165, 1.54) is 37.2 Å². The van der Waals surface area contributed by atoms with Crippen molar-refractivity contribution in [1.82, 2.24) is 10.2 Å². The molecule has 2 saturated heterocycles. The van der Waals surface area contributed by atoms with Crippen LogP contribution in [-0.2, 0) is 4.74 Å². The van der Waals surface area contributed by atoms with Gasteiger partial charge in [-0.3, -0.25) is 0 Å². The van der Waals surface area contributed by atoms with Gasteiger partial charge in [-0.1, -0.05) is 0 Å². The monoisotopic (exact) mass is 288 g/mol. The normalized spacial score (nSPS) is 28.4. The van der Waals surface area contributed by atoms with E-state index in [1.54, 1.807) is 7.11 Å². The van der Waals surface area contributed by atoms with Gasteiger partial charge >= 0.3 is 0 Å². The highest BCUT2D eigenvalue weighted by molar-refractivity contribution is 7.99. The zero-order valence-corrected chi connectivity index (χ0v) is 12.8. The number of ether oxygens (including phenoxy) is 1. The average Bonchev–Trinajstić information content (AvgIpc) is 2.42. The Morgan fingerprint density at radius 2 is 2.11 bits per heavy atom. The number of nitrogens with zero attached hydrogens (tertiary/aromatic N) is 1. The molecule has 0 radical (unpaired) electrons. The van der Waals surface area contributed by atoms with Gasteiger partial charge in [-0.05, 0) is 44.5 Å². The van der Waals surface area contributed by atoms with E-state index < -0.39 is 0 Å². The van der Waals surface area contributed by atoms with E-state index in [2.05, 4.69) is 22.0 Å². The SMILES string of the molecule is COC[C@@H](O)CN1CCC(N[C@@H]2CCCSC2)CC1. The summed E-state index contributed by atoms with van der Waals surface area (Å²) in [5, 5.41) is 13.6. The topological polar surface area (TPSA) is 44.7 Å². The molecule has 2 aliphatic heterocycles. The molecular formula is C14H28N2O2S. The quantitative estimate of drug-likeness (QED) is 0.762. The van der Waals surface area contributed by atoms with Gasteiger partial charge < -0.3 is 20.1 Å². The third-order valence-corrected chi connectivity index (χ3v) is 5.26. The lowest BCUT2D eigenvalue weighted by Crippen LogP contribution is -2.49. The lowest BCUT2D eigenvalue weighted by Gasteiger charge is -2.36. The number of hydrogen-bond donors (Lipinski definition) is 2. The van der Waals surface area contributed by atoms with Gasteiger partial charge in [0.15, 0.2) is 0 Å². The summed E-state index contributed by atoms with van der Waals surface area (Å²) in [5.74, 6) is 2.63. The van der Waals surface area contributed by atoms with E-state index in [0.717, 1.165) is 25.7 Å². The number of likely N-dealkylation sites (tertiary alicyclic amines) is 1. The summed E-state index contributed by atoms with van der Waals surface area (Å²) in [7, 11) is 1.64. The molecule has 2 atom stereocenters. The van der Waals surface area contributed by atoms with Gasteiger partial charge in [-0.15, -0.1) is 0 Å². The van der Waals surface area contributed by atoms with Gasteiger partial charge in [0.1, 0.15) is 0 Å². The number of aliphatic hydroxyl groups is 1. The van der Waals surface area contributed by atoms with Crippen LogP contribution >= 0.6 is 11.8 Å². The number of methoxy groups -OCH3 is 1. The van der Waals surface area contributed by atoms with Gasteiger partial charge in [0, 0.05) is 31.5 Å². The molecule has 4 nitrogen and oxygen atoms in total. The average molecular weight is 288 g/mol. The number of nitrogens with one attached hydrogen (secondary N) is 1. The minimum Gasteiger partial charge on any atom is -0.389 e. The summed E-state index contributed by atoms with van der Waals surface area (Å²) in [6.45, 7) is 3.38. The van der Waals surface area contributed by atoms with Crippen molar-refractivity contribution < 1.29 is 9.84 Å². The molecule has 0 aromatic heterocycles. The van der Waals surface area contributed by atoms with E-state index in [4.69, 9.17) is 4.74 Å². The number of β-amino-alcohol motifs (C(OH)–C–C–N with tert-alkyl or cyclic N) is 1. The van der Waals surface area contributed by atoms with Crippen LogP contribution in [0.15, 0.2) is 0 Å². The minimum atomic E-state index is -0.343. The van der Waals surface area contributed by atoms with Gasteiger partial charge in [-0.25, -0.2) is 0 Å². The Hall–Kier alpha value is 0.190. The molecular weight excluding hydrogens is 260 g/mol. The lowest BCUT2D eigenvalue weighted by molar-refractivity contribution is 0.0307. The fourth-order valence-electron chi connectivity index (χ4n) is 3.03. The predicted molar refractivity (Wildman–Crippen MR) is 80.8 cm³/mol. The smallest absolute Gasteiger partial charge is 0.0900 e. The van der Waals surface area contributed by atoms with Crippen LogP contribution in [0.5, 0.6) is 0 Å². The van der Waals surface area contributed by atoms with E-state index in [0.29, 0.717) is 12.6 Å². The Morgan fingerprint density at radius 3 is 2.74 bits per heavy atom. The Bertz CT molecular complexity index is 242. The van der Waals surface area contributed by atoms with Gasteiger partial charge in [-0.2, -0.15) is 11.8 Å².